The lowest BCUT2D eigenvalue weighted by Gasteiger charge is -2.16. The number of ether oxygens (including phenoxy) is 1. The van der Waals surface area contributed by atoms with E-state index in [0.717, 1.165) is 18.3 Å². The van der Waals surface area contributed by atoms with Gasteiger partial charge in [0.1, 0.15) is 12.4 Å². The molecule has 3 rings (SSSR count). The van der Waals surface area contributed by atoms with Gasteiger partial charge in [-0.3, -0.25) is 4.90 Å². The standard InChI is InChI=1S/C17H24N2O/c1-2-11-20-17-7-3-14(4-8-17)12-18-15-9-10-19(13-15)16-5-6-16/h2-4,7-8,15-16,18H,1,5-6,9-13H2. The summed E-state index contributed by atoms with van der Waals surface area (Å²) in [4.78, 5) is 2.64. The number of hydrogen-bond donors (Lipinski definition) is 1. The number of rotatable bonds is 7. The predicted molar refractivity (Wildman–Crippen MR) is 82.0 cm³/mol. The monoisotopic (exact) mass is 272 g/mol. The molecule has 0 spiro atoms. The second-order valence-corrected chi connectivity index (χ2v) is 5.84. The Kier molecular flexibility index (Phi) is 4.38. The van der Waals surface area contributed by atoms with Gasteiger partial charge in [-0.25, -0.2) is 0 Å². The first-order chi connectivity index (χ1) is 9.85. The minimum absolute atomic E-state index is 0.566. The number of benzene rings is 1. The van der Waals surface area contributed by atoms with Gasteiger partial charge in [0.15, 0.2) is 0 Å². The van der Waals surface area contributed by atoms with E-state index in [-0.39, 0.29) is 0 Å². The Balaban J connectivity index is 1.42. The second kappa shape index (κ2) is 6.42. The van der Waals surface area contributed by atoms with E-state index in [1.165, 1.54) is 37.9 Å². The average molecular weight is 272 g/mol. The van der Waals surface area contributed by atoms with Gasteiger partial charge in [-0.2, -0.15) is 0 Å². The maximum Gasteiger partial charge on any atom is 0.119 e. The van der Waals surface area contributed by atoms with Crippen LogP contribution in [0.2, 0.25) is 0 Å². The minimum atomic E-state index is 0.566. The predicted octanol–water partition coefficient (Wildman–Crippen LogP) is 2.58. The van der Waals surface area contributed by atoms with Crippen molar-refractivity contribution in [3.63, 3.8) is 0 Å². The van der Waals surface area contributed by atoms with Gasteiger partial charge < -0.3 is 10.1 Å². The Labute approximate surface area is 121 Å². The van der Waals surface area contributed by atoms with E-state index in [9.17, 15) is 0 Å². The van der Waals surface area contributed by atoms with Crippen LogP contribution >= 0.6 is 0 Å². The molecule has 1 aromatic rings. The number of likely N-dealkylation sites (tertiary alicyclic amines) is 1. The Morgan fingerprint density at radius 2 is 2.05 bits per heavy atom. The van der Waals surface area contributed by atoms with Crippen LogP contribution in [0.5, 0.6) is 5.75 Å². The fraction of sp³-hybridized carbons (Fsp3) is 0.529. The molecule has 1 aromatic carbocycles. The van der Waals surface area contributed by atoms with Crippen LogP contribution in [0.4, 0.5) is 0 Å². The molecule has 0 radical (unpaired) electrons. The third-order valence-electron chi connectivity index (χ3n) is 4.17. The zero-order valence-corrected chi connectivity index (χ0v) is 12.1. The van der Waals surface area contributed by atoms with Crippen molar-refractivity contribution in [2.75, 3.05) is 19.7 Å². The molecule has 1 atom stereocenters. The van der Waals surface area contributed by atoms with Gasteiger partial charge in [-0.05, 0) is 37.0 Å². The number of nitrogens with one attached hydrogen (secondary N) is 1. The van der Waals surface area contributed by atoms with E-state index in [1.54, 1.807) is 6.08 Å². The van der Waals surface area contributed by atoms with E-state index in [2.05, 4.69) is 28.9 Å². The average Bonchev–Trinajstić information content (AvgIpc) is 3.23. The first kappa shape index (κ1) is 13.7. The molecule has 2 aliphatic rings. The topological polar surface area (TPSA) is 24.5 Å². The second-order valence-electron chi connectivity index (χ2n) is 5.84. The van der Waals surface area contributed by atoms with Crippen LogP contribution in [-0.4, -0.2) is 36.7 Å². The summed E-state index contributed by atoms with van der Waals surface area (Å²) in [6, 6.07) is 9.91. The molecule has 3 nitrogen and oxygen atoms in total. The Hall–Kier alpha value is -1.32. The van der Waals surface area contributed by atoms with Gasteiger partial charge >= 0.3 is 0 Å². The van der Waals surface area contributed by atoms with E-state index in [1.807, 2.05) is 12.1 Å². The maximum absolute atomic E-state index is 5.49. The van der Waals surface area contributed by atoms with Crippen LogP contribution in [0.3, 0.4) is 0 Å². The summed E-state index contributed by atoms with van der Waals surface area (Å²) in [5.41, 5.74) is 1.32. The highest BCUT2D eigenvalue weighted by atomic mass is 16.5. The van der Waals surface area contributed by atoms with Crippen molar-refractivity contribution in [1.82, 2.24) is 10.2 Å². The van der Waals surface area contributed by atoms with Crippen molar-refractivity contribution < 1.29 is 4.74 Å². The summed E-state index contributed by atoms with van der Waals surface area (Å²) in [5.74, 6) is 0.912. The number of hydrogen-bond acceptors (Lipinski definition) is 3. The molecule has 0 amide bonds. The van der Waals surface area contributed by atoms with Gasteiger partial charge in [-0.15, -0.1) is 0 Å². The molecule has 1 aliphatic heterocycles. The Morgan fingerprint density at radius 3 is 2.75 bits per heavy atom. The number of nitrogens with zero attached hydrogens (tertiary/aromatic N) is 1. The molecule has 3 heteroatoms. The third kappa shape index (κ3) is 3.62. The van der Waals surface area contributed by atoms with Crippen LogP contribution < -0.4 is 10.1 Å². The van der Waals surface area contributed by atoms with Crippen molar-refractivity contribution in [2.24, 2.45) is 0 Å². The van der Waals surface area contributed by atoms with Gasteiger partial charge in [0.25, 0.3) is 0 Å². The van der Waals surface area contributed by atoms with Gasteiger partial charge in [0.05, 0.1) is 0 Å². The van der Waals surface area contributed by atoms with Crippen molar-refractivity contribution in [1.29, 1.82) is 0 Å². The molecule has 20 heavy (non-hydrogen) atoms. The van der Waals surface area contributed by atoms with Gasteiger partial charge in [-0.1, -0.05) is 24.8 Å². The smallest absolute Gasteiger partial charge is 0.119 e. The molecule has 1 N–H and O–H groups in total. The van der Waals surface area contributed by atoms with Gasteiger partial charge in [0.2, 0.25) is 0 Å². The zero-order chi connectivity index (χ0) is 13.8. The van der Waals surface area contributed by atoms with Crippen molar-refractivity contribution in [2.45, 2.75) is 37.9 Å². The SMILES string of the molecule is C=CCOc1ccc(CNC2CCN(C3CC3)C2)cc1. The summed E-state index contributed by atoms with van der Waals surface area (Å²) >= 11 is 0. The lowest BCUT2D eigenvalue weighted by atomic mass is 10.2. The molecule has 0 bridgehead atoms. The van der Waals surface area contributed by atoms with Crippen molar-refractivity contribution in [3.8, 4) is 5.75 Å². The highest BCUT2D eigenvalue weighted by molar-refractivity contribution is 5.27. The van der Waals surface area contributed by atoms with Crippen molar-refractivity contribution in [3.05, 3.63) is 42.5 Å². The molecule has 0 aromatic heterocycles. The zero-order valence-electron chi connectivity index (χ0n) is 12.1. The molecule has 108 valence electrons. The summed E-state index contributed by atoms with van der Waals surface area (Å²) in [6.07, 6.45) is 5.88. The van der Waals surface area contributed by atoms with Crippen LogP contribution in [-0.2, 0) is 6.54 Å². The summed E-state index contributed by atoms with van der Waals surface area (Å²) in [7, 11) is 0. The van der Waals surface area contributed by atoms with Crippen LogP contribution in [0, 0.1) is 0 Å². The molecule has 1 aliphatic carbocycles. The maximum atomic E-state index is 5.49. The fourth-order valence-electron chi connectivity index (χ4n) is 2.85. The highest BCUT2D eigenvalue weighted by Crippen LogP contribution is 2.29. The molecule has 1 unspecified atom stereocenters. The molecule has 1 saturated heterocycles. The Morgan fingerprint density at radius 1 is 1.25 bits per heavy atom. The fourth-order valence-corrected chi connectivity index (χ4v) is 2.85. The molecular formula is C17H24N2O. The third-order valence-corrected chi connectivity index (χ3v) is 4.17. The van der Waals surface area contributed by atoms with E-state index < -0.39 is 0 Å². The first-order valence-electron chi connectivity index (χ1n) is 7.65. The molecule has 1 saturated carbocycles. The lowest BCUT2D eigenvalue weighted by molar-refractivity contribution is 0.317. The normalized spacial score (nSPS) is 22.9. The highest BCUT2D eigenvalue weighted by Gasteiger charge is 2.33. The van der Waals surface area contributed by atoms with Crippen LogP contribution in [0.1, 0.15) is 24.8 Å². The van der Waals surface area contributed by atoms with E-state index in [4.69, 9.17) is 4.74 Å². The van der Waals surface area contributed by atoms with Crippen molar-refractivity contribution >= 4 is 0 Å². The van der Waals surface area contributed by atoms with E-state index >= 15 is 0 Å². The largest absolute Gasteiger partial charge is 0.490 e. The molecule has 1 heterocycles. The van der Waals surface area contributed by atoms with Crippen LogP contribution in [0.15, 0.2) is 36.9 Å². The van der Waals surface area contributed by atoms with Crippen LogP contribution in [0.25, 0.3) is 0 Å². The van der Waals surface area contributed by atoms with Gasteiger partial charge in [0, 0.05) is 31.7 Å². The minimum Gasteiger partial charge on any atom is -0.490 e. The summed E-state index contributed by atoms with van der Waals surface area (Å²) in [5, 5.41) is 3.67. The Bertz CT molecular complexity index is 439. The van der Waals surface area contributed by atoms with E-state index in [0.29, 0.717) is 12.6 Å². The first-order valence-corrected chi connectivity index (χ1v) is 7.65. The molecular weight excluding hydrogens is 248 g/mol. The molecule has 2 fully saturated rings. The summed E-state index contributed by atoms with van der Waals surface area (Å²) < 4.78 is 5.49. The lowest BCUT2D eigenvalue weighted by Crippen LogP contribution is -2.32. The summed E-state index contributed by atoms with van der Waals surface area (Å²) in [6.45, 7) is 7.67. The quantitative estimate of drug-likeness (QED) is 0.772.